The molecule has 1 aliphatic rings. The fraction of sp³-hybridized carbons (Fsp3) is 0.452. The molecule has 0 unspecified atom stereocenters. The number of hydrogen-bond acceptors (Lipinski definition) is 6. The minimum absolute atomic E-state index is 0.0935. The van der Waals surface area contributed by atoms with Gasteiger partial charge in [-0.2, -0.15) is 4.98 Å². The molecule has 0 amide bonds. The third-order valence-corrected chi connectivity index (χ3v) is 7.77. The van der Waals surface area contributed by atoms with Crippen molar-refractivity contribution >= 4 is 22.8 Å². The van der Waals surface area contributed by atoms with E-state index in [1.54, 1.807) is 7.11 Å². The fourth-order valence-corrected chi connectivity index (χ4v) is 5.47. The highest BCUT2D eigenvalue weighted by atomic mass is 16.5. The summed E-state index contributed by atoms with van der Waals surface area (Å²) in [6.45, 7) is 16.1. The van der Waals surface area contributed by atoms with E-state index in [1.165, 1.54) is 22.4 Å². The van der Waals surface area contributed by atoms with E-state index in [0.717, 1.165) is 54.6 Å². The van der Waals surface area contributed by atoms with Gasteiger partial charge in [0.25, 0.3) is 0 Å². The van der Waals surface area contributed by atoms with Gasteiger partial charge in [-0.3, -0.25) is 0 Å². The van der Waals surface area contributed by atoms with Crippen molar-refractivity contribution in [3.8, 4) is 5.75 Å². The van der Waals surface area contributed by atoms with E-state index in [-0.39, 0.29) is 11.0 Å². The molecule has 0 saturated carbocycles. The normalized spacial score (nSPS) is 15.8. The highest BCUT2D eigenvalue weighted by Gasteiger charge is 2.35. The van der Waals surface area contributed by atoms with E-state index in [1.807, 2.05) is 30.1 Å². The van der Waals surface area contributed by atoms with E-state index < -0.39 is 0 Å². The van der Waals surface area contributed by atoms with E-state index >= 15 is 0 Å². The molecule has 38 heavy (non-hydrogen) atoms. The summed E-state index contributed by atoms with van der Waals surface area (Å²) in [5.74, 6) is 1.64. The molecule has 0 aliphatic carbocycles. The first-order valence-corrected chi connectivity index (χ1v) is 13.4. The molecule has 3 heterocycles. The van der Waals surface area contributed by atoms with Gasteiger partial charge < -0.3 is 19.1 Å². The van der Waals surface area contributed by atoms with Gasteiger partial charge in [-0.15, -0.1) is 0 Å². The summed E-state index contributed by atoms with van der Waals surface area (Å²) < 4.78 is 7.40. The number of aryl methyl sites for hydroxylation is 2. The lowest BCUT2D eigenvalue weighted by molar-refractivity contribution is 0.408. The Kier molecular flexibility index (Phi) is 6.58. The van der Waals surface area contributed by atoms with Crippen LogP contribution in [-0.2, 0) is 18.9 Å². The van der Waals surface area contributed by atoms with Crippen LogP contribution in [0.25, 0.3) is 11.2 Å². The molecular formula is C31H40N6O. The molecule has 200 valence electrons. The van der Waals surface area contributed by atoms with E-state index in [0.29, 0.717) is 0 Å². The summed E-state index contributed by atoms with van der Waals surface area (Å²) in [6.07, 6.45) is 2.59. The second kappa shape index (κ2) is 9.61. The monoisotopic (exact) mass is 512 g/mol. The summed E-state index contributed by atoms with van der Waals surface area (Å²) in [5.41, 5.74) is 7.89. The predicted octanol–water partition coefficient (Wildman–Crippen LogP) is 5.67. The lowest BCUT2D eigenvalue weighted by Gasteiger charge is -2.48. The Morgan fingerprint density at radius 2 is 1.74 bits per heavy atom. The van der Waals surface area contributed by atoms with Crippen molar-refractivity contribution < 1.29 is 4.74 Å². The second-order valence-electron chi connectivity index (χ2n) is 12.1. The minimum Gasteiger partial charge on any atom is -0.497 e. The van der Waals surface area contributed by atoms with Crippen LogP contribution >= 0.6 is 0 Å². The van der Waals surface area contributed by atoms with Gasteiger partial charge in [0.05, 0.1) is 24.7 Å². The third kappa shape index (κ3) is 4.94. The van der Waals surface area contributed by atoms with Gasteiger partial charge in [-0.05, 0) is 67.1 Å². The van der Waals surface area contributed by atoms with E-state index in [2.05, 4.69) is 86.7 Å². The second-order valence-corrected chi connectivity index (χ2v) is 12.1. The van der Waals surface area contributed by atoms with Crippen LogP contribution in [0, 0.1) is 6.92 Å². The average molecular weight is 513 g/mol. The Labute approximate surface area is 226 Å². The van der Waals surface area contributed by atoms with Gasteiger partial charge in [-0.1, -0.05) is 39.0 Å². The van der Waals surface area contributed by atoms with Crippen molar-refractivity contribution in [2.45, 2.75) is 58.9 Å². The zero-order valence-electron chi connectivity index (χ0n) is 24.0. The van der Waals surface area contributed by atoms with Gasteiger partial charge in [0.2, 0.25) is 5.95 Å². The van der Waals surface area contributed by atoms with Crippen LogP contribution in [0.3, 0.4) is 0 Å². The Balaban J connectivity index is 1.47. The topological polar surface area (TPSA) is 59.3 Å². The first kappa shape index (κ1) is 26.0. The summed E-state index contributed by atoms with van der Waals surface area (Å²) in [4.78, 5) is 19.5. The molecule has 7 nitrogen and oxygen atoms in total. The number of ether oxygens (including phenoxy) is 1. The molecule has 0 radical (unpaired) electrons. The average Bonchev–Trinajstić information content (AvgIpc) is 3.25. The summed E-state index contributed by atoms with van der Waals surface area (Å²) in [5, 5.41) is 0. The smallest absolute Gasteiger partial charge is 0.227 e. The highest BCUT2D eigenvalue weighted by molar-refractivity contribution is 5.76. The zero-order chi connectivity index (χ0) is 27.2. The lowest BCUT2D eigenvalue weighted by Crippen LogP contribution is -2.60. The molecule has 7 heteroatoms. The maximum Gasteiger partial charge on any atom is 0.227 e. The number of imidazole rings is 1. The molecule has 5 rings (SSSR count). The molecule has 2 aromatic heterocycles. The molecule has 0 bridgehead atoms. The van der Waals surface area contributed by atoms with E-state index in [4.69, 9.17) is 14.7 Å². The number of methoxy groups -OCH3 is 1. The van der Waals surface area contributed by atoms with Crippen LogP contribution in [0.5, 0.6) is 5.75 Å². The first-order valence-electron chi connectivity index (χ1n) is 13.4. The predicted molar refractivity (Wildman–Crippen MR) is 156 cm³/mol. The van der Waals surface area contributed by atoms with Crippen LogP contribution in [0.15, 0.2) is 48.8 Å². The quantitative estimate of drug-likeness (QED) is 0.343. The van der Waals surface area contributed by atoms with Crippen LogP contribution in [0.2, 0.25) is 0 Å². The van der Waals surface area contributed by atoms with Gasteiger partial charge >= 0.3 is 0 Å². The number of anilines is 2. The number of piperazine rings is 1. The molecule has 1 aliphatic heterocycles. The van der Waals surface area contributed by atoms with Crippen LogP contribution in [0.1, 0.15) is 57.0 Å². The van der Waals surface area contributed by atoms with Crippen molar-refractivity contribution in [3.05, 3.63) is 71.2 Å². The fourth-order valence-electron chi connectivity index (χ4n) is 5.47. The third-order valence-electron chi connectivity index (χ3n) is 7.77. The van der Waals surface area contributed by atoms with Crippen molar-refractivity contribution in [1.82, 2.24) is 19.5 Å². The molecular weight excluding hydrogens is 472 g/mol. The number of fused-ring (bicyclic) bond motifs is 1. The number of aromatic nitrogens is 4. The highest BCUT2D eigenvalue weighted by Crippen LogP contribution is 2.32. The summed E-state index contributed by atoms with van der Waals surface area (Å²) >= 11 is 0. The summed E-state index contributed by atoms with van der Waals surface area (Å²) in [6, 6.07) is 15.2. The Bertz CT molecular complexity index is 1450. The Hall–Kier alpha value is -3.61. The first-order chi connectivity index (χ1) is 18.0. The van der Waals surface area contributed by atoms with Crippen molar-refractivity contribution in [3.63, 3.8) is 0 Å². The molecule has 0 N–H and O–H groups in total. The van der Waals surface area contributed by atoms with Gasteiger partial charge in [0.1, 0.15) is 11.3 Å². The maximum atomic E-state index is 5.35. The Morgan fingerprint density at radius 1 is 1.00 bits per heavy atom. The van der Waals surface area contributed by atoms with E-state index in [9.17, 15) is 0 Å². The Morgan fingerprint density at radius 3 is 2.39 bits per heavy atom. The molecule has 4 aromatic rings. The number of benzene rings is 2. The van der Waals surface area contributed by atoms with Gasteiger partial charge in [-0.25, -0.2) is 9.97 Å². The molecule has 1 fully saturated rings. The number of rotatable bonds is 5. The SMILES string of the molecule is COc1ccc(N2CCN(c3nc(Cc4cc(C(C)(C)C)ccc4C)c4c(ncn4C)n3)CC2(C)C)cc1. The van der Waals surface area contributed by atoms with Crippen molar-refractivity contribution in [1.29, 1.82) is 0 Å². The number of nitrogens with zero attached hydrogens (tertiary/aromatic N) is 6. The molecule has 2 aromatic carbocycles. The van der Waals surface area contributed by atoms with Crippen LogP contribution in [0.4, 0.5) is 11.6 Å². The van der Waals surface area contributed by atoms with Gasteiger partial charge in [0.15, 0.2) is 5.65 Å². The molecule has 1 saturated heterocycles. The standard InChI is InChI=1S/C31H40N6O/c1-21-9-10-23(30(2,3)4)17-22(21)18-26-27-28(32-20-35(27)7)34-29(33-26)36-15-16-37(31(5,6)19-36)24-11-13-25(38-8)14-12-24/h9-14,17,20H,15-16,18-19H2,1-8H3. The van der Waals surface area contributed by atoms with Crippen LogP contribution < -0.4 is 14.5 Å². The van der Waals surface area contributed by atoms with Gasteiger partial charge in [0, 0.05) is 38.8 Å². The minimum atomic E-state index is -0.104. The zero-order valence-corrected chi connectivity index (χ0v) is 24.0. The largest absolute Gasteiger partial charge is 0.497 e. The lowest BCUT2D eigenvalue weighted by atomic mass is 9.84. The van der Waals surface area contributed by atoms with Crippen molar-refractivity contribution in [2.24, 2.45) is 7.05 Å². The van der Waals surface area contributed by atoms with Crippen molar-refractivity contribution in [2.75, 3.05) is 36.5 Å². The maximum absolute atomic E-state index is 5.35. The molecule has 0 atom stereocenters. The number of hydrogen-bond donors (Lipinski definition) is 0. The van der Waals surface area contributed by atoms with Crippen LogP contribution in [-0.4, -0.2) is 51.8 Å². The molecule has 0 spiro atoms. The summed E-state index contributed by atoms with van der Waals surface area (Å²) in [7, 11) is 3.73.